The molecular formula is C29H66I2P2. The molecule has 0 aromatic heterocycles. The summed E-state index contributed by atoms with van der Waals surface area (Å²) in [5.41, 5.74) is 0. The van der Waals surface area contributed by atoms with E-state index in [0.717, 1.165) is 0 Å². The first kappa shape index (κ1) is 42.4. The van der Waals surface area contributed by atoms with Crippen LogP contribution in [-0.4, -0.2) is 49.8 Å². The molecule has 0 nitrogen and oxygen atoms in total. The Balaban J connectivity index is -0.000000244. The van der Waals surface area contributed by atoms with E-state index in [0.29, 0.717) is 0 Å². The molecule has 0 atom stereocenters. The molecule has 0 aliphatic rings. The third kappa shape index (κ3) is 25.7. The van der Waals surface area contributed by atoms with Gasteiger partial charge in [-0.1, -0.05) is 93.4 Å². The van der Waals surface area contributed by atoms with Crippen molar-refractivity contribution in [2.24, 2.45) is 0 Å². The second-order valence-corrected chi connectivity index (χ2v) is 19.6. The molecule has 0 aromatic rings. The van der Waals surface area contributed by atoms with Gasteiger partial charge in [0.05, 0.1) is 43.1 Å². The Morgan fingerprint density at radius 3 is 0.697 bits per heavy atom. The molecule has 0 saturated carbocycles. The highest BCUT2D eigenvalue weighted by Gasteiger charge is 2.34. The molecule has 0 spiro atoms. The van der Waals surface area contributed by atoms with Gasteiger partial charge in [0.2, 0.25) is 0 Å². The van der Waals surface area contributed by atoms with Crippen LogP contribution in [0.25, 0.3) is 0 Å². The van der Waals surface area contributed by atoms with Crippen LogP contribution in [0.15, 0.2) is 0 Å². The Kier molecular flexibility index (Phi) is 39.3. The molecule has 0 amide bonds. The lowest BCUT2D eigenvalue weighted by atomic mass is 10.4. The standard InChI is InChI=1S/C16H36P.C13H30P.2HI/c1-5-9-13-17(14-10-6-2,15-11-7-3)16-12-8-4;1-5-8-11-14(4,12-9-6-2)13-10-7-3;;/h5-16H2,1-4H3;5-13H2,1-4H3;2*1H/q2*+1;;/p-2. The minimum atomic E-state index is -0.562. The minimum Gasteiger partial charge on any atom is -1.00 e. The van der Waals surface area contributed by atoms with Crippen molar-refractivity contribution in [1.29, 1.82) is 0 Å². The molecule has 0 N–H and O–H groups in total. The van der Waals surface area contributed by atoms with E-state index >= 15 is 0 Å². The SMILES string of the molecule is CCCC[P+](C)(CCCC)CCCC.CCCC[P+](CCCC)(CCCC)CCCC.[I-].[I-]. The molecule has 0 unspecified atom stereocenters. The topological polar surface area (TPSA) is 0 Å². The second kappa shape index (κ2) is 30.5. The van der Waals surface area contributed by atoms with Crippen molar-refractivity contribution in [3.63, 3.8) is 0 Å². The predicted molar refractivity (Wildman–Crippen MR) is 158 cm³/mol. The minimum absolute atomic E-state index is 0. The maximum absolute atomic E-state index is 2.62. The summed E-state index contributed by atoms with van der Waals surface area (Å²) < 4.78 is 0. The Bertz CT molecular complexity index is 291. The van der Waals surface area contributed by atoms with Gasteiger partial charge in [0, 0.05) is 21.2 Å². The molecule has 0 bridgehead atoms. The van der Waals surface area contributed by atoms with E-state index in [-0.39, 0.29) is 48.0 Å². The van der Waals surface area contributed by atoms with Gasteiger partial charge in [-0.25, -0.2) is 0 Å². The van der Waals surface area contributed by atoms with E-state index in [4.69, 9.17) is 0 Å². The average Bonchev–Trinajstić information content (AvgIpc) is 2.79. The zero-order chi connectivity index (χ0) is 23.8. The maximum atomic E-state index is 2.62. The zero-order valence-corrected chi connectivity index (χ0v) is 30.6. The lowest BCUT2D eigenvalue weighted by Crippen LogP contribution is -3.00. The molecule has 0 rings (SSSR count). The molecule has 0 radical (unpaired) electrons. The van der Waals surface area contributed by atoms with Crippen LogP contribution in [0.1, 0.15) is 138 Å². The number of halogens is 2. The van der Waals surface area contributed by atoms with Crippen LogP contribution < -0.4 is 48.0 Å². The molecule has 0 fully saturated rings. The first-order valence-corrected chi connectivity index (χ1v) is 19.9. The third-order valence-corrected chi connectivity index (χ3v) is 16.3. The first-order chi connectivity index (χ1) is 14.9. The van der Waals surface area contributed by atoms with Crippen LogP contribution in [0, 0.1) is 0 Å². The summed E-state index contributed by atoms with van der Waals surface area (Å²) in [5.74, 6) is 0. The zero-order valence-electron chi connectivity index (χ0n) is 24.5. The van der Waals surface area contributed by atoms with Gasteiger partial charge in [-0.2, -0.15) is 0 Å². The van der Waals surface area contributed by atoms with Crippen molar-refractivity contribution in [3.8, 4) is 0 Å². The summed E-state index contributed by atoms with van der Waals surface area (Å²) >= 11 is 0. The fourth-order valence-corrected chi connectivity index (χ4v) is 13.8. The Labute approximate surface area is 248 Å². The van der Waals surface area contributed by atoms with Gasteiger partial charge >= 0.3 is 0 Å². The summed E-state index contributed by atoms with van der Waals surface area (Å²) in [6, 6.07) is 0. The van der Waals surface area contributed by atoms with Gasteiger partial charge < -0.3 is 48.0 Å². The fraction of sp³-hybridized carbons (Fsp3) is 1.00. The molecule has 0 aliphatic heterocycles. The highest BCUT2D eigenvalue weighted by Crippen LogP contribution is 2.61. The van der Waals surface area contributed by atoms with Gasteiger partial charge in [-0.3, -0.25) is 0 Å². The molecular weight excluding hydrogens is 664 g/mol. The van der Waals surface area contributed by atoms with E-state index in [9.17, 15) is 0 Å². The molecule has 0 heterocycles. The third-order valence-electron chi connectivity index (χ3n) is 7.10. The number of hydrogen-bond acceptors (Lipinski definition) is 0. The lowest BCUT2D eigenvalue weighted by Gasteiger charge is -2.28. The first-order valence-electron chi connectivity index (χ1n) is 14.6. The summed E-state index contributed by atoms with van der Waals surface area (Å²) in [5, 5.41) is 0. The smallest absolute Gasteiger partial charge is 0.0594 e. The summed E-state index contributed by atoms with van der Waals surface area (Å²) in [6.07, 6.45) is 31.2. The average molecular weight is 731 g/mol. The van der Waals surface area contributed by atoms with Gasteiger partial charge in [0.1, 0.15) is 0 Å². The van der Waals surface area contributed by atoms with Crippen LogP contribution in [0.3, 0.4) is 0 Å². The summed E-state index contributed by atoms with van der Waals surface area (Å²) in [4.78, 5) is 0. The number of unbranched alkanes of at least 4 members (excludes halogenated alkanes) is 7. The monoisotopic (exact) mass is 730 g/mol. The van der Waals surface area contributed by atoms with E-state index in [1.165, 1.54) is 89.9 Å². The normalized spacial score (nSPS) is 11.3. The molecule has 33 heavy (non-hydrogen) atoms. The molecule has 0 aromatic carbocycles. The molecule has 0 aliphatic carbocycles. The summed E-state index contributed by atoms with van der Waals surface area (Å²) in [7, 11) is -1.08. The van der Waals surface area contributed by atoms with Gasteiger partial charge in [0.15, 0.2) is 0 Å². The van der Waals surface area contributed by atoms with E-state index in [1.54, 1.807) is 43.1 Å². The molecule has 0 saturated heterocycles. The van der Waals surface area contributed by atoms with Crippen LogP contribution in [0.5, 0.6) is 0 Å². The van der Waals surface area contributed by atoms with Crippen molar-refractivity contribution in [1.82, 2.24) is 0 Å². The van der Waals surface area contributed by atoms with Crippen LogP contribution in [-0.2, 0) is 0 Å². The largest absolute Gasteiger partial charge is 1.00 e. The van der Waals surface area contributed by atoms with Gasteiger partial charge in [0.25, 0.3) is 0 Å². The van der Waals surface area contributed by atoms with E-state index < -0.39 is 14.5 Å². The number of hydrogen-bond donors (Lipinski definition) is 0. The van der Waals surface area contributed by atoms with Crippen molar-refractivity contribution in [2.45, 2.75) is 138 Å². The van der Waals surface area contributed by atoms with Crippen molar-refractivity contribution in [2.75, 3.05) is 49.8 Å². The van der Waals surface area contributed by atoms with Gasteiger partial charge in [-0.15, -0.1) is 0 Å². The van der Waals surface area contributed by atoms with Crippen LogP contribution in [0.2, 0.25) is 0 Å². The predicted octanol–water partition coefficient (Wildman–Crippen LogP) is 5.25. The highest BCUT2D eigenvalue weighted by molar-refractivity contribution is 7.76. The van der Waals surface area contributed by atoms with Crippen LogP contribution >= 0.6 is 14.5 Å². The number of rotatable bonds is 21. The lowest BCUT2D eigenvalue weighted by molar-refractivity contribution is -0.00100. The Morgan fingerprint density at radius 1 is 0.333 bits per heavy atom. The van der Waals surface area contributed by atoms with Crippen molar-refractivity contribution < 1.29 is 48.0 Å². The van der Waals surface area contributed by atoms with Crippen molar-refractivity contribution in [3.05, 3.63) is 0 Å². The fourth-order valence-electron chi connectivity index (χ4n) is 4.60. The van der Waals surface area contributed by atoms with Crippen LogP contribution in [0.4, 0.5) is 0 Å². The van der Waals surface area contributed by atoms with E-state index in [2.05, 4.69) is 55.1 Å². The summed E-state index contributed by atoms with van der Waals surface area (Å²) in [6.45, 7) is 19.0. The van der Waals surface area contributed by atoms with Gasteiger partial charge in [-0.05, 0) is 44.9 Å². The molecule has 4 heteroatoms. The highest BCUT2D eigenvalue weighted by atomic mass is 127. The Morgan fingerprint density at radius 2 is 0.515 bits per heavy atom. The maximum Gasteiger partial charge on any atom is 0.0594 e. The van der Waals surface area contributed by atoms with E-state index in [1.807, 2.05) is 0 Å². The van der Waals surface area contributed by atoms with Crippen molar-refractivity contribution >= 4 is 14.5 Å². The second-order valence-electron chi connectivity index (χ2n) is 10.5. The molecule has 206 valence electrons. The Hall–Kier alpha value is 2.32. The quantitative estimate of drug-likeness (QED) is 0.112.